The fourth-order valence-corrected chi connectivity index (χ4v) is 3.00. The van der Waals surface area contributed by atoms with Crippen LogP contribution >= 0.6 is 0 Å². The average Bonchev–Trinajstić information content (AvgIpc) is 3.32. The molecule has 0 saturated heterocycles. The Morgan fingerprint density at radius 1 is 1.21 bits per heavy atom. The highest BCUT2D eigenvalue weighted by Gasteiger charge is 2.36. The van der Waals surface area contributed by atoms with E-state index in [4.69, 9.17) is 16.0 Å². The Morgan fingerprint density at radius 2 is 1.88 bits per heavy atom. The number of hydrogen-bond donors (Lipinski definition) is 0. The molecule has 0 aliphatic heterocycles. The Kier molecular flexibility index (Phi) is 7.16. The van der Waals surface area contributed by atoms with Gasteiger partial charge in [0.25, 0.3) is 6.43 Å². The smallest absolute Gasteiger partial charge is 0.420 e. The predicted molar refractivity (Wildman–Crippen MR) is 104 cm³/mol. The van der Waals surface area contributed by atoms with Crippen LogP contribution < -0.4 is 4.74 Å². The summed E-state index contributed by atoms with van der Waals surface area (Å²) in [5.41, 5.74) is -2.80. The van der Waals surface area contributed by atoms with Crippen LogP contribution in [0.25, 0.3) is 10.7 Å². The second-order valence-electron chi connectivity index (χ2n) is 6.74. The molecule has 0 N–H and O–H groups in total. The maximum Gasteiger partial charge on any atom is 0.420 e. The van der Waals surface area contributed by atoms with Gasteiger partial charge in [-0.25, -0.2) is 18.6 Å². The highest BCUT2D eigenvalue weighted by atomic mass is 19.4. The number of nitrogens with zero attached hydrogens (tertiary/aromatic N) is 6. The lowest BCUT2D eigenvalue weighted by molar-refractivity contribution is -0.138. The van der Waals surface area contributed by atoms with Gasteiger partial charge in [0.05, 0.1) is 37.7 Å². The monoisotopic (exact) mass is 482 g/mol. The molecule has 0 aromatic carbocycles. The van der Waals surface area contributed by atoms with E-state index in [2.05, 4.69) is 25.0 Å². The van der Waals surface area contributed by atoms with Crippen LogP contribution in [0, 0.1) is 6.57 Å². The minimum Gasteiger partial charge on any atom is -0.426 e. The van der Waals surface area contributed by atoms with E-state index in [0.29, 0.717) is 10.9 Å². The number of carbonyl (C=O) groups is 1. The van der Waals surface area contributed by atoms with Crippen molar-refractivity contribution in [2.24, 2.45) is 0 Å². The van der Waals surface area contributed by atoms with Gasteiger partial charge in [0, 0.05) is 18.9 Å². The van der Waals surface area contributed by atoms with Gasteiger partial charge in [-0.05, 0) is 18.6 Å². The van der Waals surface area contributed by atoms with Gasteiger partial charge in [0.15, 0.2) is 5.82 Å². The predicted octanol–water partition coefficient (Wildman–Crippen LogP) is 4.42. The van der Waals surface area contributed by atoms with Crippen LogP contribution in [-0.4, -0.2) is 38.0 Å². The molecular weight excluding hydrogens is 467 g/mol. The van der Waals surface area contributed by atoms with E-state index in [1.807, 2.05) is 0 Å². The molecule has 9 nitrogen and oxygen atoms in total. The second kappa shape index (κ2) is 9.87. The molecule has 0 bridgehead atoms. The number of alkyl halides is 5. The summed E-state index contributed by atoms with van der Waals surface area (Å²) in [5, 5.41) is 7.26. The summed E-state index contributed by atoms with van der Waals surface area (Å²) < 4.78 is 77.4. The third-order valence-electron chi connectivity index (χ3n) is 4.57. The molecule has 0 unspecified atom stereocenters. The van der Waals surface area contributed by atoms with Crippen molar-refractivity contribution >= 4 is 11.7 Å². The van der Waals surface area contributed by atoms with Crippen LogP contribution in [0.3, 0.4) is 0 Å². The Balaban J connectivity index is 1.93. The van der Waals surface area contributed by atoms with Crippen LogP contribution in [0.5, 0.6) is 5.75 Å². The van der Waals surface area contributed by atoms with E-state index in [-0.39, 0.29) is 16.9 Å². The maximum absolute atomic E-state index is 13.5. The summed E-state index contributed by atoms with van der Waals surface area (Å²) in [5.74, 6) is -1.94. The molecule has 3 heterocycles. The molecule has 0 radical (unpaired) electrons. The highest BCUT2D eigenvalue weighted by molar-refractivity contribution is 5.77. The van der Waals surface area contributed by atoms with Crippen LogP contribution in [0.2, 0.25) is 0 Å². The Bertz CT molecular complexity index is 1220. The van der Waals surface area contributed by atoms with E-state index in [1.54, 1.807) is 0 Å². The summed E-state index contributed by atoms with van der Waals surface area (Å²) >= 11 is 0. The molecule has 3 aromatic heterocycles. The molecule has 3 rings (SSSR count). The van der Waals surface area contributed by atoms with E-state index in [1.165, 1.54) is 26.4 Å². The summed E-state index contributed by atoms with van der Waals surface area (Å²) in [6.07, 6.45) is -5.24. The molecule has 0 amide bonds. The number of esters is 1. The fraction of sp³-hybridized carbons (Fsp3) is 0.300. The van der Waals surface area contributed by atoms with Gasteiger partial charge in [-0.15, -0.1) is 4.80 Å². The summed E-state index contributed by atoms with van der Waals surface area (Å²) in [6.45, 7) is 8.68. The van der Waals surface area contributed by atoms with Crippen molar-refractivity contribution in [3.05, 3.63) is 64.7 Å². The normalized spacial score (nSPS) is 12.4. The zero-order valence-corrected chi connectivity index (χ0v) is 17.5. The van der Waals surface area contributed by atoms with Crippen LogP contribution in [0.15, 0.2) is 30.9 Å². The SMILES string of the molecule is [C-]#[N+]c1c(C(F)F)ncc(OC(=O)Cc2cnc(-n3nccn3)c(C(F)(F)F)c2)c1[C@@H](C)OC. The number of pyridine rings is 2. The largest absolute Gasteiger partial charge is 0.426 e. The molecule has 178 valence electrons. The van der Waals surface area contributed by atoms with Crippen molar-refractivity contribution in [1.29, 1.82) is 0 Å². The lowest BCUT2D eigenvalue weighted by atomic mass is 10.1. The molecule has 0 spiro atoms. The number of hydrogen-bond acceptors (Lipinski definition) is 7. The average molecular weight is 482 g/mol. The van der Waals surface area contributed by atoms with Gasteiger partial charge in [-0.1, -0.05) is 0 Å². The first-order valence-electron chi connectivity index (χ1n) is 9.41. The Hall–Kier alpha value is -3.99. The molecule has 0 aliphatic rings. The van der Waals surface area contributed by atoms with Crippen molar-refractivity contribution < 1.29 is 36.2 Å². The number of rotatable bonds is 7. The van der Waals surface area contributed by atoms with Gasteiger partial charge in [-0.2, -0.15) is 23.4 Å². The Morgan fingerprint density at radius 3 is 2.44 bits per heavy atom. The summed E-state index contributed by atoms with van der Waals surface area (Å²) in [7, 11) is 1.26. The quantitative estimate of drug-likeness (QED) is 0.279. The van der Waals surface area contributed by atoms with E-state index in [0.717, 1.165) is 12.4 Å². The van der Waals surface area contributed by atoms with Gasteiger partial charge < -0.3 is 9.47 Å². The zero-order valence-electron chi connectivity index (χ0n) is 17.5. The van der Waals surface area contributed by atoms with E-state index >= 15 is 0 Å². The number of ether oxygens (including phenoxy) is 2. The van der Waals surface area contributed by atoms with Crippen molar-refractivity contribution in [3.8, 4) is 11.6 Å². The first-order valence-corrected chi connectivity index (χ1v) is 9.41. The van der Waals surface area contributed by atoms with E-state index < -0.39 is 53.9 Å². The maximum atomic E-state index is 13.5. The molecule has 3 aromatic rings. The third kappa shape index (κ3) is 5.15. The van der Waals surface area contributed by atoms with Gasteiger partial charge in [-0.3, -0.25) is 9.78 Å². The summed E-state index contributed by atoms with van der Waals surface area (Å²) in [6, 6.07) is 0.703. The van der Waals surface area contributed by atoms with Crippen LogP contribution in [0.4, 0.5) is 27.6 Å². The number of carbonyl (C=O) groups excluding carboxylic acids is 1. The van der Waals surface area contributed by atoms with Crippen LogP contribution in [-0.2, 0) is 22.1 Å². The van der Waals surface area contributed by atoms with Crippen molar-refractivity contribution in [1.82, 2.24) is 25.0 Å². The zero-order chi connectivity index (χ0) is 25.0. The third-order valence-corrected chi connectivity index (χ3v) is 4.57. The lowest BCUT2D eigenvalue weighted by Gasteiger charge is -2.18. The number of methoxy groups -OCH3 is 1. The molecular formula is C20H15F5N6O3. The first kappa shape index (κ1) is 24.6. The minimum absolute atomic E-state index is 0.134. The lowest BCUT2D eigenvalue weighted by Crippen LogP contribution is -2.18. The molecule has 34 heavy (non-hydrogen) atoms. The molecule has 1 atom stereocenters. The van der Waals surface area contributed by atoms with Gasteiger partial charge in [0.1, 0.15) is 17.0 Å². The van der Waals surface area contributed by atoms with Crippen molar-refractivity contribution in [2.45, 2.75) is 32.1 Å². The van der Waals surface area contributed by atoms with Crippen LogP contribution in [0.1, 0.15) is 41.8 Å². The minimum atomic E-state index is -4.82. The molecule has 0 aliphatic carbocycles. The second-order valence-corrected chi connectivity index (χ2v) is 6.74. The van der Waals surface area contributed by atoms with Crippen molar-refractivity contribution in [3.63, 3.8) is 0 Å². The number of aromatic nitrogens is 5. The fourth-order valence-electron chi connectivity index (χ4n) is 3.00. The topological polar surface area (TPSA) is 96.4 Å². The number of halogens is 5. The molecule has 0 saturated carbocycles. The molecule has 14 heteroatoms. The Labute approximate surface area is 189 Å². The van der Waals surface area contributed by atoms with E-state index in [9.17, 15) is 26.7 Å². The summed E-state index contributed by atoms with van der Waals surface area (Å²) in [4.78, 5) is 23.5. The highest BCUT2D eigenvalue weighted by Crippen LogP contribution is 2.41. The standard InChI is InChI=1S/C20H15F5N6O3/c1-10(33-3)15-13(9-27-17(18(21)22)16(15)26-2)34-14(32)7-11-6-12(20(23,24)25)19(28-8-11)31-29-4-5-30-31/h4-6,8-10,18H,7H2,1,3H3/t10-/m1/s1. The van der Waals surface area contributed by atoms with Gasteiger partial charge >= 0.3 is 12.1 Å². The van der Waals surface area contributed by atoms with Crippen molar-refractivity contribution in [2.75, 3.05) is 7.11 Å². The first-order chi connectivity index (χ1) is 16.1. The molecule has 0 fully saturated rings. The van der Waals surface area contributed by atoms with Gasteiger partial charge in [0.2, 0.25) is 5.69 Å².